The molecule has 3 aromatic heterocycles. The van der Waals surface area contributed by atoms with Crippen molar-refractivity contribution in [3.8, 4) is 0 Å². The molecule has 0 unspecified atom stereocenters. The Hall–Kier alpha value is -2.03. The molecule has 0 spiro atoms. The molecule has 3 aromatic rings. The first kappa shape index (κ1) is 15.9. The van der Waals surface area contributed by atoms with E-state index in [0.29, 0.717) is 18.2 Å². The number of nitrogens with zero attached hydrogens (tertiary/aromatic N) is 3. The molecule has 0 bridgehead atoms. The number of amides is 1. The number of carbonyl (C=O) groups excluding carboxylic acids is 1. The summed E-state index contributed by atoms with van der Waals surface area (Å²) in [4.78, 5) is 12.4. The fraction of sp³-hybridized carbons (Fsp3) is 0.267. The summed E-state index contributed by atoms with van der Waals surface area (Å²) in [5.41, 5.74) is 1.12. The van der Waals surface area contributed by atoms with E-state index in [4.69, 9.17) is 4.74 Å². The summed E-state index contributed by atoms with van der Waals surface area (Å²) in [5, 5.41) is 16.1. The summed E-state index contributed by atoms with van der Waals surface area (Å²) in [6.45, 7) is 0.397. The molecule has 0 aliphatic heterocycles. The van der Waals surface area contributed by atoms with Gasteiger partial charge in [-0.1, -0.05) is 11.3 Å². The summed E-state index contributed by atoms with van der Waals surface area (Å²) in [5.74, 6) is -0.0879. The van der Waals surface area contributed by atoms with Crippen LogP contribution in [0.5, 0.6) is 0 Å². The van der Waals surface area contributed by atoms with Crippen LogP contribution in [0.3, 0.4) is 0 Å². The van der Waals surface area contributed by atoms with Crippen LogP contribution in [0.15, 0.2) is 41.4 Å². The van der Waals surface area contributed by atoms with E-state index in [1.165, 1.54) is 11.3 Å². The van der Waals surface area contributed by atoms with Gasteiger partial charge in [0.2, 0.25) is 11.0 Å². The Morgan fingerprint density at radius 1 is 1.39 bits per heavy atom. The summed E-state index contributed by atoms with van der Waals surface area (Å²) in [7, 11) is 1.60. The summed E-state index contributed by atoms with van der Waals surface area (Å²) in [6.07, 6.45) is 4.28. The Bertz CT molecular complexity index is 703. The SMILES string of the molecule is COCc1nnc(NC(=O)C[C@@H](c2ccsc2)n2cccc2)s1. The monoisotopic (exact) mass is 348 g/mol. The third-order valence-electron chi connectivity index (χ3n) is 3.28. The summed E-state index contributed by atoms with van der Waals surface area (Å²) >= 11 is 2.95. The molecule has 23 heavy (non-hydrogen) atoms. The zero-order valence-corrected chi connectivity index (χ0v) is 14.1. The van der Waals surface area contributed by atoms with Crippen molar-refractivity contribution in [1.82, 2.24) is 14.8 Å². The molecule has 0 saturated heterocycles. The molecule has 0 radical (unpaired) electrons. The minimum atomic E-state index is -0.0879. The van der Waals surface area contributed by atoms with Gasteiger partial charge < -0.3 is 14.6 Å². The number of rotatable bonds is 7. The van der Waals surface area contributed by atoms with Crippen LogP contribution in [0.1, 0.15) is 23.0 Å². The van der Waals surface area contributed by atoms with Crippen LogP contribution in [0.25, 0.3) is 0 Å². The molecule has 8 heteroatoms. The Kier molecular flexibility index (Phi) is 5.16. The van der Waals surface area contributed by atoms with Crippen LogP contribution in [0.4, 0.5) is 5.13 Å². The van der Waals surface area contributed by atoms with Gasteiger partial charge in [0, 0.05) is 19.5 Å². The average Bonchev–Trinajstić information content (AvgIpc) is 3.28. The summed E-state index contributed by atoms with van der Waals surface area (Å²) in [6, 6.07) is 5.94. The maximum Gasteiger partial charge on any atom is 0.228 e. The third kappa shape index (κ3) is 4.04. The molecule has 3 rings (SSSR count). The van der Waals surface area contributed by atoms with Gasteiger partial charge in [-0.15, -0.1) is 10.2 Å². The molecule has 0 aliphatic carbocycles. The minimum Gasteiger partial charge on any atom is -0.377 e. The fourth-order valence-electron chi connectivity index (χ4n) is 2.25. The predicted octanol–water partition coefficient (Wildman–Crippen LogP) is 3.17. The van der Waals surface area contributed by atoms with Gasteiger partial charge in [-0.3, -0.25) is 4.79 Å². The Morgan fingerprint density at radius 2 is 2.22 bits per heavy atom. The lowest BCUT2D eigenvalue weighted by Gasteiger charge is -2.17. The van der Waals surface area contributed by atoms with Crippen molar-refractivity contribution >= 4 is 33.7 Å². The number of aromatic nitrogens is 3. The van der Waals surface area contributed by atoms with Gasteiger partial charge in [-0.05, 0) is 34.5 Å². The molecule has 0 aromatic carbocycles. The number of ether oxygens (including phenoxy) is 1. The quantitative estimate of drug-likeness (QED) is 0.712. The molecule has 0 saturated carbocycles. The van der Waals surface area contributed by atoms with Gasteiger partial charge in [0.15, 0.2) is 0 Å². The second kappa shape index (κ2) is 7.49. The molecule has 0 fully saturated rings. The van der Waals surface area contributed by atoms with E-state index in [9.17, 15) is 4.79 Å². The largest absolute Gasteiger partial charge is 0.377 e. The average molecular weight is 348 g/mol. The fourth-order valence-corrected chi connectivity index (χ4v) is 3.68. The minimum absolute atomic E-state index is 0.0254. The Labute approximate surface area is 141 Å². The third-order valence-corrected chi connectivity index (χ3v) is 4.79. The van der Waals surface area contributed by atoms with E-state index in [2.05, 4.69) is 20.9 Å². The van der Waals surface area contributed by atoms with E-state index >= 15 is 0 Å². The van der Waals surface area contributed by atoms with Crippen LogP contribution >= 0.6 is 22.7 Å². The molecule has 1 N–H and O–H groups in total. The van der Waals surface area contributed by atoms with Crippen LogP contribution in [0, 0.1) is 0 Å². The first-order valence-corrected chi connectivity index (χ1v) is 8.78. The van der Waals surface area contributed by atoms with Gasteiger partial charge in [0.25, 0.3) is 0 Å². The smallest absolute Gasteiger partial charge is 0.228 e. The van der Waals surface area contributed by atoms with Gasteiger partial charge in [-0.25, -0.2) is 0 Å². The normalized spacial score (nSPS) is 12.2. The molecular weight excluding hydrogens is 332 g/mol. The van der Waals surface area contributed by atoms with Crippen molar-refractivity contribution in [2.75, 3.05) is 12.4 Å². The van der Waals surface area contributed by atoms with Crippen LogP contribution in [0.2, 0.25) is 0 Å². The molecule has 6 nitrogen and oxygen atoms in total. The van der Waals surface area contributed by atoms with E-state index in [-0.39, 0.29) is 11.9 Å². The van der Waals surface area contributed by atoms with Crippen molar-refractivity contribution in [3.63, 3.8) is 0 Å². The summed E-state index contributed by atoms with van der Waals surface area (Å²) < 4.78 is 7.04. The van der Waals surface area contributed by atoms with E-state index in [1.807, 2.05) is 40.5 Å². The first-order chi connectivity index (χ1) is 11.3. The molecule has 0 aliphatic rings. The van der Waals surface area contributed by atoms with Crippen molar-refractivity contribution in [1.29, 1.82) is 0 Å². The zero-order valence-electron chi connectivity index (χ0n) is 12.5. The highest BCUT2D eigenvalue weighted by Crippen LogP contribution is 2.25. The Balaban J connectivity index is 1.68. The van der Waals surface area contributed by atoms with E-state index in [1.54, 1.807) is 18.4 Å². The predicted molar refractivity (Wildman–Crippen MR) is 90.8 cm³/mol. The topological polar surface area (TPSA) is 69.0 Å². The van der Waals surface area contributed by atoms with Crippen molar-refractivity contribution in [2.45, 2.75) is 19.1 Å². The van der Waals surface area contributed by atoms with Gasteiger partial charge in [0.1, 0.15) is 11.6 Å². The van der Waals surface area contributed by atoms with E-state index in [0.717, 1.165) is 10.6 Å². The van der Waals surface area contributed by atoms with Gasteiger partial charge in [0.05, 0.1) is 12.5 Å². The zero-order chi connectivity index (χ0) is 16.1. The number of hydrogen-bond donors (Lipinski definition) is 1. The number of methoxy groups -OCH3 is 1. The Morgan fingerprint density at radius 3 is 2.91 bits per heavy atom. The highest BCUT2D eigenvalue weighted by atomic mass is 32.1. The molecular formula is C15H16N4O2S2. The van der Waals surface area contributed by atoms with Crippen molar-refractivity contribution < 1.29 is 9.53 Å². The van der Waals surface area contributed by atoms with Crippen molar-refractivity contribution in [2.24, 2.45) is 0 Å². The van der Waals surface area contributed by atoms with E-state index < -0.39 is 0 Å². The maximum absolute atomic E-state index is 12.4. The second-order valence-corrected chi connectivity index (χ2v) is 6.73. The molecule has 1 atom stereocenters. The highest BCUT2D eigenvalue weighted by Gasteiger charge is 2.18. The maximum atomic E-state index is 12.4. The standard InChI is InChI=1S/C15H16N4O2S2/c1-21-9-14-17-18-15(23-14)16-13(20)8-12(11-4-7-22-10-11)19-5-2-3-6-19/h2-7,10,12H,8-9H2,1H3,(H,16,18,20)/t12-/m0/s1. The molecule has 120 valence electrons. The number of carbonyl (C=O) groups is 1. The second-order valence-electron chi connectivity index (χ2n) is 4.89. The highest BCUT2D eigenvalue weighted by molar-refractivity contribution is 7.15. The van der Waals surface area contributed by atoms with Gasteiger partial charge >= 0.3 is 0 Å². The lowest BCUT2D eigenvalue weighted by molar-refractivity contribution is -0.116. The lowest BCUT2D eigenvalue weighted by atomic mass is 10.1. The lowest BCUT2D eigenvalue weighted by Crippen LogP contribution is -2.19. The first-order valence-electron chi connectivity index (χ1n) is 7.02. The number of anilines is 1. The van der Waals surface area contributed by atoms with Crippen LogP contribution < -0.4 is 5.32 Å². The van der Waals surface area contributed by atoms with Crippen molar-refractivity contribution in [3.05, 3.63) is 51.9 Å². The number of nitrogens with one attached hydrogen (secondary N) is 1. The van der Waals surface area contributed by atoms with Gasteiger partial charge in [-0.2, -0.15) is 11.3 Å². The molecule has 1 amide bonds. The number of thiophene rings is 1. The molecule has 3 heterocycles. The van der Waals surface area contributed by atoms with Crippen LogP contribution in [-0.4, -0.2) is 27.8 Å². The number of hydrogen-bond acceptors (Lipinski definition) is 6. The van der Waals surface area contributed by atoms with Crippen LogP contribution in [-0.2, 0) is 16.1 Å².